The molecule has 5 heteroatoms. The fourth-order valence-electron chi connectivity index (χ4n) is 1.78. The Labute approximate surface area is 107 Å². The lowest BCUT2D eigenvalue weighted by Crippen LogP contribution is -2.32. The van der Waals surface area contributed by atoms with Crippen molar-refractivity contribution in [2.45, 2.75) is 19.4 Å². The van der Waals surface area contributed by atoms with Crippen LogP contribution >= 0.6 is 12.8 Å². The Morgan fingerprint density at radius 2 is 2.24 bits per heavy atom. The van der Waals surface area contributed by atoms with E-state index in [0.29, 0.717) is 6.04 Å². The number of para-hydroxylation sites is 1. The number of H-pyrrole nitrogens is 1. The zero-order valence-corrected chi connectivity index (χ0v) is 10.8. The molecule has 0 amide bonds. The van der Waals surface area contributed by atoms with Gasteiger partial charge in [-0.05, 0) is 13.0 Å². The number of benzene rings is 1. The van der Waals surface area contributed by atoms with E-state index in [1.54, 1.807) is 0 Å². The van der Waals surface area contributed by atoms with Gasteiger partial charge in [-0.2, -0.15) is 5.10 Å². The van der Waals surface area contributed by atoms with Crippen LogP contribution in [0, 0.1) is 0 Å². The minimum Gasteiger partial charge on any atom is -0.315 e. The van der Waals surface area contributed by atoms with Gasteiger partial charge in [0.1, 0.15) is 0 Å². The summed E-state index contributed by atoms with van der Waals surface area (Å²) in [6, 6.07) is 8.55. The van der Waals surface area contributed by atoms with Crippen LogP contribution in [0.25, 0.3) is 10.9 Å². The zero-order chi connectivity index (χ0) is 12.1. The maximum Gasteiger partial charge on any atom is 0.0923 e. The Morgan fingerprint density at radius 1 is 1.41 bits per heavy atom. The highest BCUT2D eigenvalue weighted by Crippen LogP contribution is 2.14. The predicted octanol–water partition coefficient (Wildman–Crippen LogP) is 1.52. The van der Waals surface area contributed by atoms with Gasteiger partial charge >= 0.3 is 0 Å². The molecule has 1 aromatic carbocycles. The minimum absolute atomic E-state index is 0.372. The second-order valence-electron chi connectivity index (χ2n) is 4.20. The van der Waals surface area contributed by atoms with Crippen molar-refractivity contribution in [2.75, 3.05) is 13.1 Å². The van der Waals surface area contributed by atoms with E-state index in [9.17, 15) is 0 Å². The number of fused-ring (bicyclic) bond motifs is 1. The summed E-state index contributed by atoms with van der Waals surface area (Å²) < 4.78 is 2.90. The number of nitrogens with zero attached hydrogens (tertiary/aromatic N) is 1. The van der Waals surface area contributed by atoms with Gasteiger partial charge in [-0.1, -0.05) is 31.0 Å². The summed E-state index contributed by atoms with van der Waals surface area (Å²) in [5.41, 5.74) is 2.23. The zero-order valence-electron chi connectivity index (χ0n) is 9.90. The number of rotatable bonds is 6. The first-order valence-electron chi connectivity index (χ1n) is 5.83. The first-order chi connectivity index (χ1) is 8.31. The van der Waals surface area contributed by atoms with E-state index >= 15 is 0 Å². The molecule has 0 saturated carbocycles. The van der Waals surface area contributed by atoms with Crippen molar-refractivity contribution in [3.05, 3.63) is 30.0 Å². The van der Waals surface area contributed by atoms with Gasteiger partial charge in [-0.15, -0.1) is 0 Å². The van der Waals surface area contributed by atoms with E-state index in [4.69, 9.17) is 0 Å². The molecule has 3 N–H and O–H groups in total. The van der Waals surface area contributed by atoms with Crippen molar-refractivity contribution in [1.29, 1.82) is 0 Å². The van der Waals surface area contributed by atoms with Crippen LogP contribution in [-0.2, 0) is 6.42 Å². The highest BCUT2D eigenvalue weighted by molar-refractivity contribution is 7.78. The van der Waals surface area contributed by atoms with Gasteiger partial charge in [0.05, 0.1) is 5.52 Å². The Hall–Kier alpha value is -1.04. The maximum absolute atomic E-state index is 4.27. The van der Waals surface area contributed by atoms with Crippen LogP contribution in [-0.4, -0.2) is 29.3 Å². The lowest BCUT2D eigenvalue weighted by atomic mass is 10.1. The van der Waals surface area contributed by atoms with Crippen LogP contribution in [0.2, 0.25) is 0 Å². The topological polar surface area (TPSA) is 52.7 Å². The van der Waals surface area contributed by atoms with Gasteiger partial charge in [0.25, 0.3) is 0 Å². The summed E-state index contributed by atoms with van der Waals surface area (Å²) in [7, 11) is 0. The van der Waals surface area contributed by atoms with Crippen LogP contribution in [0.15, 0.2) is 24.3 Å². The molecule has 2 aromatic rings. The fourth-order valence-corrected chi connectivity index (χ4v) is 1.87. The van der Waals surface area contributed by atoms with Crippen LogP contribution in [0.4, 0.5) is 0 Å². The third-order valence-corrected chi connectivity index (χ3v) is 3.20. The first kappa shape index (κ1) is 12.4. The minimum atomic E-state index is 0.372. The van der Waals surface area contributed by atoms with Crippen molar-refractivity contribution >= 4 is 23.7 Å². The van der Waals surface area contributed by atoms with Crippen LogP contribution in [0.5, 0.6) is 0 Å². The average Bonchev–Trinajstić information content (AvgIpc) is 2.78. The second kappa shape index (κ2) is 6.05. The third-order valence-electron chi connectivity index (χ3n) is 2.76. The van der Waals surface area contributed by atoms with Gasteiger partial charge in [0.2, 0.25) is 0 Å². The molecule has 0 spiro atoms. The van der Waals surface area contributed by atoms with E-state index in [-0.39, 0.29) is 0 Å². The molecule has 0 bridgehead atoms. The van der Waals surface area contributed by atoms with Gasteiger partial charge in [0.15, 0.2) is 0 Å². The average molecular weight is 250 g/mol. The number of aromatic nitrogens is 2. The quantitative estimate of drug-likeness (QED) is 0.464. The van der Waals surface area contributed by atoms with Crippen LogP contribution < -0.4 is 10.0 Å². The molecule has 0 aliphatic rings. The Morgan fingerprint density at radius 3 is 3.06 bits per heavy atom. The molecule has 0 aliphatic heterocycles. The maximum atomic E-state index is 4.27. The van der Waals surface area contributed by atoms with E-state index < -0.39 is 0 Å². The smallest absolute Gasteiger partial charge is 0.0923 e. The van der Waals surface area contributed by atoms with Crippen molar-refractivity contribution in [3.8, 4) is 0 Å². The van der Waals surface area contributed by atoms with E-state index in [2.05, 4.69) is 46.0 Å². The van der Waals surface area contributed by atoms with Gasteiger partial charge < -0.3 is 5.32 Å². The number of thiol groups is 1. The van der Waals surface area contributed by atoms with Crippen molar-refractivity contribution < 1.29 is 0 Å². The van der Waals surface area contributed by atoms with E-state index in [1.807, 2.05) is 18.2 Å². The van der Waals surface area contributed by atoms with E-state index in [0.717, 1.165) is 25.0 Å². The molecule has 0 saturated heterocycles. The molecular weight excluding hydrogens is 232 g/mol. The molecule has 92 valence electrons. The Balaban J connectivity index is 1.87. The van der Waals surface area contributed by atoms with Gasteiger partial charge in [-0.3, -0.25) is 9.82 Å². The van der Waals surface area contributed by atoms with Crippen molar-refractivity contribution in [3.63, 3.8) is 0 Å². The largest absolute Gasteiger partial charge is 0.315 e. The summed E-state index contributed by atoms with van der Waals surface area (Å²) in [4.78, 5) is 0. The summed E-state index contributed by atoms with van der Waals surface area (Å²) in [6.07, 6.45) is 0.958. The van der Waals surface area contributed by atoms with Crippen molar-refractivity contribution in [1.82, 2.24) is 20.2 Å². The molecule has 1 aromatic heterocycles. The molecular formula is C12H18N4S. The van der Waals surface area contributed by atoms with Crippen molar-refractivity contribution in [2.24, 2.45) is 0 Å². The molecule has 2 rings (SSSR count). The molecule has 0 radical (unpaired) electrons. The molecule has 0 fully saturated rings. The fraction of sp³-hybridized carbons (Fsp3) is 0.417. The molecule has 4 nitrogen and oxygen atoms in total. The Kier molecular flexibility index (Phi) is 4.42. The lowest BCUT2D eigenvalue weighted by Gasteiger charge is -2.09. The van der Waals surface area contributed by atoms with Gasteiger partial charge in [-0.25, -0.2) is 0 Å². The number of aromatic amines is 1. The Bertz CT molecular complexity index is 468. The normalized spacial score (nSPS) is 13.1. The molecule has 0 aliphatic carbocycles. The summed E-state index contributed by atoms with van der Waals surface area (Å²) >= 11 is 4.02. The highest BCUT2D eigenvalue weighted by Gasteiger charge is 2.04. The molecule has 17 heavy (non-hydrogen) atoms. The first-order valence-corrected chi connectivity index (χ1v) is 6.28. The standard InChI is InChI=1S/C12H18N4S/c1-9(16-17)8-13-7-6-12-10-4-2-3-5-11(10)14-15-12/h2-5,9,13,16-17H,6-8H2,1H3,(H,14,15). The highest BCUT2D eigenvalue weighted by atomic mass is 32.1. The predicted molar refractivity (Wildman–Crippen MR) is 74.3 cm³/mol. The summed E-state index contributed by atoms with van der Waals surface area (Å²) in [5.74, 6) is 0. The monoisotopic (exact) mass is 250 g/mol. The van der Waals surface area contributed by atoms with Crippen LogP contribution in [0.1, 0.15) is 12.6 Å². The lowest BCUT2D eigenvalue weighted by molar-refractivity contribution is 0.585. The second-order valence-corrected chi connectivity index (χ2v) is 4.46. The third kappa shape index (κ3) is 3.21. The number of hydrogen-bond acceptors (Lipinski definition) is 4. The van der Waals surface area contributed by atoms with E-state index in [1.165, 1.54) is 11.1 Å². The molecule has 1 atom stereocenters. The molecule has 1 unspecified atom stereocenters. The summed E-state index contributed by atoms with van der Waals surface area (Å²) in [6.45, 7) is 3.94. The van der Waals surface area contributed by atoms with Gasteiger partial charge in [0, 0.05) is 36.6 Å². The molecule has 1 heterocycles. The number of nitrogens with one attached hydrogen (secondary N) is 3. The van der Waals surface area contributed by atoms with Crippen LogP contribution in [0.3, 0.4) is 0 Å². The SMILES string of the molecule is CC(CNCCc1[nH]nc2ccccc12)NS. The summed E-state index contributed by atoms with van der Waals surface area (Å²) in [5, 5.41) is 12.0. The number of hydrogen-bond donors (Lipinski definition) is 4.